The summed E-state index contributed by atoms with van der Waals surface area (Å²) < 4.78 is 0. The molecule has 17 heavy (non-hydrogen) atoms. The Labute approximate surface area is 102 Å². The van der Waals surface area contributed by atoms with Gasteiger partial charge in [-0.15, -0.1) is 0 Å². The van der Waals surface area contributed by atoms with Crippen molar-refractivity contribution in [2.45, 2.75) is 32.2 Å². The van der Waals surface area contributed by atoms with Crippen LogP contribution in [0.25, 0.3) is 0 Å². The Morgan fingerprint density at radius 2 is 2.12 bits per heavy atom. The van der Waals surface area contributed by atoms with Crippen molar-refractivity contribution in [1.29, 1.82) is 0 Å². The number of aliphatic imine (C=N–C) groups is 1. The van der Waals surface area contributed by atoms with E-state index >= 15 is 0 Å². The number of fused-ring (bicyclic) bond motifs is 1. The lowest BCUT2D eigenvalue weighted by Crippen LogP contribution is -2.43. The lowest BCUT2D eigenvalue weighted by atomic mass is 9.94. The third kappa shape index (κ3) is 2.14. The van der Waals surface area contributed by atoms with Crippen molar-refractivity contribution in [1.82, 2.24) is 0 Å². The molecule has 3 heteroatoms. The molecule has 1 aliphatic carbocycles. The topological polar surface area (TPSA) is 41.6 Å². The molecule has 0 bridgehead atoms. The molecule has 3 nitrogen and oxygen atoms in total. The van der Waals surface area contributed by atoms with Crippen molar-refractivity contribution in [3.8, 4) is 0 Å². The average Bonchev–Trinajstić information content (AvgIpc) is 3.11. The molecule has 3 rings (SSSR count). The lowest BCUT2D eigenvalue weighted by molar-refractivity contribution is 0.566. The average molecular weight is 229 g/mol. The number of guanidine groups is 1. The van der Waals surface area contributed by atoms with Crippen LogP contribution in [-0.4, -0.2) is 18.5 Å². The molecule has 0 spiro atoms. The standard InChI is InChI=1S/C14H19N3/c1-10-8-11-4-2-3-5-13(11)17(9-10)14(15)16-12-6-7-12/h2-5,10,12H,6-9H2,1H3,(H2,15,16). The van der Waals surface area contributed by atoms with Gasteiger partial charge >= 0.3 is 0 Å². The fraction of sp³-hybridized carbons (Fsp3) is 0.500. The van der Waals surface area contributed by atoms with Crippen molar-refractivity contribution < 1.29 is 0 Å². The van der Waals surface area contributed by atoms with Crippen LogP contribution in [0.5, 0.6) is 0 Å². The molecule has 0 amide bonds. The van der Waals surface area contributed by atoms with Crippen LogP contribution in [0, 0.1) is 5.92 Å². The number of anilines is 1. The van der Waals surface area contributed by atoms with Crippen LogP contribution in [-0.2, 0) is 6.42 Å². The number of rotatable bonds is 1. The number of nitrogens with two attached hydrogens (primary N) is 1. The summed E-state index contributed by atoms with van der Waals surface area (Å²) in [6.07, 6.45) is 3.54. The first-order valence-corrected chi connectivity index (χ1v) is 6.43. The summed E-state index contributed by atoms with van der Waals surface area (Å²) in [5.74, 6) is 1.34. The molecule has 90 valence electrons. The first-order valence-electron chi connectivity index (χ1n) is 6.43. The third-order valence-corrected chi connectivity index (χ3v) is 3.48. The third-order valence-electron chi connectivity index (χ3n) is 3.48. The summed E-state index contributed by atoms with van der Waals surface area (Å²) in [5.41, 5.74) is 8.77. The van der Waals surface area contributed by atoms with Gasteiger partial charge in [0.15, 0.2) is 5.96 Å². The van der Waals surface area contributed by atoms with Gasteiger partial charge in [-0.1, -0.05) is 25.1 Å². The van der Waals surface area contributed by atoms with Crippen LogP contribution in [0.4, 0.5) is 5.69 Å². The molecule has 1 aromatic carbocycles. The summed E-state index contributed by atoms with van der Waals surface area (Å²) in [4.78, 5) is 6.75. The minimum atomic E-state index is 0.486. The highest BCUT2D eigenvalue weighted by Gasteiger charge is 2.26. The van der Waals surface area contributed by atoms with E-state index in [1.54, 1.807) is 0 Å². The normalized spacial score (nSPS) is 24.6. The van der Waals surface area contributed by atoms with Crippen molar-refractivity contribution in [3.63, 3.8) is 0 Å². The van der Waals surface area contributed by atoms with E-state index in [4.69, 9.17) is 5.73 Å². The van der Waals surface area contributed by atoms with E-state index in [0.717, 1.165) is 13.0 Å². The summed E-state index contributed by atoms with van der Waals surface area (Å²) in [7, 11) is 0. The molecule has 2 N–H and O–H groups in total. The number of para-hydroxylation sites is 1. The Bertz CT molecular complexity index is 449. The first-order chi connectivity index (χ1) is 8.24. The van der Waals surface area contributed by atoms with Crippen LogP contribution in [0.3, 0.4) is 0 Å². The molecular formula is C14H19N3. The van der Waals surface area contributed by atoms with Crippen molar-refractivity contribution in [2.24, 2.45) is 16.6 Å². The minimum absolute atomic E-state index is 0.486. The van der Waals surface area contributed by atoms with Crippen molar-refractivity contribution >= 4 is 11.6 Å². The highest BCUT2D eigenvalue weighted by atomic mass is 15.3. The molecule has 1 unspecified atom stereocenters. The van der Waals surface area contributed by atoms with Gasteiger partial charge in [-0.05, 0) is 36.8 Å². The first kappa shape index (κ1) is 10.6. The van der Waals surface area contributed by atoms with E-state index in [9.17, 15) is 0 Å². The zero-order chi connectivity index (χ0) is 11.8. The van der Waals surface area contributed by atoms with E-state index in [1.807, 2.05) is 0 Å². The zero-order valence-electron chi connectivity index (χ0n) is 10.3. The van der Waals surface area contributed by atoms with Crippen LogP contribution in [0.2, 0.25) is 0 Å². The Morgan fingerprint density at radius 1 is 1.35 bits per heavy atom. The van der Waals surface area contributed by atoms with Crippen LogP contribution >= 0.6 is 0 Å². The second-order valence-electron chi connectivity index (χ2n) is 5.27. The van der Waals surface area contributed by atoms with E-state index in [0.29, 0.717) is 17.9 Å². The van der Waals surface area contributed by atoms with Crippen molar-refractivity contribution in [3.05, 3.63) is 29.8 Å². The van der Waals surface area contributed by atoms with Crippen molar-refractivity contribution in [2.75, 3.05) is 11.4 Å². The Hall–Kier alpha value is -1.51. The fourth-order valence-corrected chi connectivity index (χ4v) is 2.47. The van der Waals surface area contributed by atoms with Crippen LogP contribution in [0.15, 0.2) is 29.3 Å². The second-order valence-corrected chi connectivity index (χ2v) is 5.27. The van der Waals surface area contributed by atoms with Gasteiger partial charge in [0.05, 0.1) is 6.04 Å². The second kappa shape index (κ2) is 4.06. The SMILES string of the molecule is CC1Cc2ccccc2N(C(N)=NC2CC2)C1. The Kier molecular flexibility index (Phi) is 2.54. The number of nitrogens with zero attached hydrogens (tertiary/aromatic N) is 2. The molecule has 0 radical (unpaired) electrons. The van der Waals surface area contributed by atoms with E-state index in [-0.39, 0.29) is 0 Å². The molecule has 0 aromatic heterocycles. The fourth-order valence-electron chi connectivity index (χ4n) is 2.47. The minimum Gasteiger partial charge on any atom is -0.370 e. The number of benzene rings is 1. The maximum absolute atomic E-state index is 6.14. The predicted molar refractivity (Wildman–Crippen MR) is 71.3 cm³/mol. The quantitative estimate of drug-likeness (QED) is 0.592. The van der Waals surface area contributed by atoms with Gasteiger partial charge in [0.25, 0.3) is 0 Å². The highest BCUT2D eigenvalue weighted by Crippen LogP contribution is 2.30. The molecule has 1 atom stereocenters. The van der Waals surface area contributed by atoms with Crippen LogP contribution in [0.1, 0.15) is 25.3 Å². The number of hydrogen-bond acceptors (Lipinski definition) is 1. The van der Waals surface area contributed by atoms with Gasteiger partial charge < -0.3 is 10.6 Å². The van der Waals surface area contributed by atoms with Gasteiger partial charge in [-0.3, -0.25) is 0 Å². The van der Waals surface area contributed by atoms with Gasteiger partial charge in [0, 0.05) is 12.2 Å². The smallest absolute Gasteiger partial charge is 0.196 e. The van der Waals surface area contributed by atoms with E-state index in [2.05, 4.69) is 41.1 Å². The molecule has 1 heterocycles. The maximum atomic E-state index is 6.14. The van der Waals surface area contributed by atoms with Crippen LogP contribution < -0.4 is 10.6 Å². The molecular weight excluding hydrogens is 210 g/mol. The summed E-state index contributed by atoms with van der Waals surface area (Å²) in [6, 6.07) is 9.01. The molecule has 1 aliphatic heterocycles. The molecule has 1 saturated carbocycles. The Morgan fingerprint density at radius 3 is 2.88 bits per heavy atom. The number of hydrogen-bond donors (Lipinski definition) is 1. The molecule has 1 fully saturated rings. The van der Waals surface area contributed by atoms with Gasteiger partial charge in [0.1, 0.15) is 0 Å². The summed E-state index contributed by atoms with van der Waals surface area (Å²) in [5, 5.41) is 0. The van der Waals surface area contributed by atoms with E-state index in [1.165, 1.54) is 24.1 Å². The van der Waals surface area contributed by atoms with Gasteiger partial charge in [0.2, 0.25) is 0 Å². The molecule has 0 saturated heterocycles. The predicted octanol–water partition coefficient (Wildman–Crippen LogP) is 2.16. The summed E-state index contributed by atoms with van der Waals surface area (Å²) >= 11 is 0. The Balaban J connectivity index is 1.94. The molecule has 1 aromatic rings. The monoisotopic (exact) mass is 229 g/mol. The lowest BCUT2D eigenvalue weighted by Gasteiger charge is -2.33. The van der Waals surface area contributed by atoms with Gasteiger partial charge in [-0.2, -0.15) is 0 Å². The highest BCUT2D eigenvalue weighted by molar-refractivity contribution is 5.96. The molecule has 2 aliphatic rings. The van der Waals surface area contributed by atoms with Gasteiger partial charge in [-0.25, -0.2) is 4.99 Å². The maximum Gasteiger partial charge on any atom is 0.196 e. The largest absolute Gasteiger partial charge is 0.370 e. The summed E-state index contributed by atoms with van der Waals surface area (Å²) in [6.45, 7) is 3.26. The zero-order valence-corrected chi connectivity index (χ0v) is 10.3. The van der Waals surface area contributed by atoms with E-state index < -0.39 is 0 Å².